The summed E-state index contributed by atoms with van der Waals surface area (Å²) in [5, 5.41) is 3.07. The van der Waals surface area contributed by atoms with Crippen molar-refractivity contribution in [3.05, 3.63) is 53.6 Å². The molecule has 2 aromatic carbocycles. The monoisotopic (exact) mass is 511 g/mol. The van der Waals surface area contributed by atoms with Crippen LogP contribution >= 0.6 is 24.0 Å². The molecule has 0 bridgehead atoms. The van der Waals surface area contributed by atoms with Crippen LogP contribution in [0.25, 0.3) is 0 Å². The zero-order valence-corrected chi connectivity index (χ0v) is 19.3. The number of aryl methyl sites for hydroxylation is 1. The Balaban J connectivity index is 0.00000300. The lowest BCUT2D eigenvalue weighted by Crippen LogP contribution is -2.23. The lowest BCUT2D eigenvalue weighted by molar-refractivity contribution is 0.0403. The number of hydrogen-bond acceptors (Lipinski definition) is 4. The van der Waals surface area contributed by atoms with Crippen LogP contribution in [-0.2, 0) is 11.2 Å². The SMILES string of the molecule is COc1ccc(OC)c(NC(N)=NCCCOC2CCCc3ccccc32)c1.I. The molecule has 3 N–H and O–H groups in total. The van der Waals surface area contributed by atoms with E-state index in [0.29, 0.717) is 24.9 Å². The van der Waals surface area contributed by atoms with E-state index in [1.807, 2.05) is 18.2 Å². The van der Waals surface area contributed by atoms with E-state index >= 15 is 0 Å². The van der Waals surface area contributed by atoms with Gasteiger partial charge in [0.2, 0.25) is 0 Å². The molecule has 0 saturated carbocycles. The highest BCUT2D eigenvalue weighted by atomic mass is 127. The minimum absolute atomic E-state index is 0. The summed E-state index contributed by atoms with van der Waals surface area (Å²) >= 11 is 0. The van der Waals surface area contributed by atoms with Crippen molar-refractivity contribution in [3.63, 3.8) is 0 Å². The molecule has 1 aliphatic carbocycles. The molecule has 0 aliphatic heterocycles. The fourth-order valence-corrected chi connectivity index (χ4v) is 3.46. The second-order valence-corrected chi connectivity index (χ2v) is 6.76. The summed E-state index contributed by atoms with van der Waals surface area (Å²) in [4.78, 5) is 4.38. The van der Waals surface area contributed by atoms with Crippen molar-refractivity contribution in [2.45, 2.75) is 31.8 Å². The molecule has 3 rings (SSSR count). The predicted octanol–water partition coefficient (Wildman–Crippen LogP) is 4.53. The molecular formula is C22H30IN3O3. The van der Waals surface area contributed by atoms with Crippen molar-refractivity contribution in [3.8, 4) is 11.5 Å². The van der Waals surface area contributed by atoms with Crippen LogP contribution in [0.15, 0.2) is 47.5 Å². The molecule has 29 heavy (non-hydrogen) atoms. The summed E-state index contributed by atoms with van der Waals surface area (Å²) in [6, 6.07) is 14.1. The fourth-order valence-electron chi connectivity index (χ4n) is 3.46. The third-order valence-corrected chi connectivity index (χ3v) is 4.89. The number of benzene rings is 2. The van der Waals surface area contributed by atoms with Gasteiger partial charge in [0.15, 0.2) is 5.96 Å². The van der Waals surface area contributed by atoms with Crippen molar-refractivity contribution >= 4 is 35.6 Å². The van der Waals surface area contributed by atoms with E-state index in [1.165, 1.54) is 17.5 Å². The Bertz CT molecular complexity index is 814. The van der Waals surface area contributed by atoms with Gasteiger partial charge in [0.25, 0.3) is 0 Å². The van der Waals surface area contributed by atoms with E-state index in [1.54, 1.807) is 14.2 Å². The molecule has 0 aromatic heterocycles. The third kappa shape index (κ3) is 6.50. The Morgan fingerprint density at radius 2 is 2.00 bits per heavy atom. The first kappa shape index (κ1) is 23.3. The molecule has 1 aliphatic rings. The second-order valence-electron chi connectivity index (χ2n) is 6.76. The second kappa shape index (κ2) is 11.9. The highest BCUT2D eigenvalue weighted by Gasteiger charge is 2.19. The van der Waals surface area contributed by atoms with E-state index < -0.39 is 0 Å². The molecule has 1 atom stereocenters. The first-order valence-electron chi connectivity index (χ1n) is 9.69. The predicted molar refractivity (Wildman–Crippen MR) is 128 cm³/mol. The maximum absolute atomic E-state index is 6.11. The van der Waals surface area contributed by atoms with Crippen LogP contribution in [0.5, 0.6) is 11.5 Å². The van der Waals surface area contributed by atoms with E-state index in [2.05, 4.69) is 34.6 Å². The number of hydrogen-bond donors (Lipinski definition) is 2. The van der Waals surface area contributed by atoms with Crippen LogP contribution < -0.4 is 20.5 Å². The van der Waals surface area contributed by atoms with E-state index in [4.69, 9.17) is 19.9 Å². The number of methoxy groups -OCH3 is 2. The first-order chi connectivity index (χ1) is 13.7. The van der Waals surface area contributed by atoms with Crippen LogP contribution in [0.4, 0.5) is 5.69 Å². The van der Waals surface area contributed by atoms with Crippen LogP contribution in [0.1, 0.15) is 36.5 Å². The maximum atomic E-state index is 6.11. The van der Waals surface area contributed by atoms with Crippen molar-refractivity contribution in [1.29, 1.82) is 0 Å². The van der Waals surface area contributed by atoms with Crippen molar-refractivity contribution < 1.29 is 14.2 Å². The van der Waals surface area contributed by atoms with Crippen LogP contribution in [0.2, 0.25) is 0 Å². The summed E-state index contributed by atoms with van der Waals surface area (Å²) in [5.41, 5.74) is 9.48. The number of rotatable bonds is 8. The number of nitrogens with zero attached hydrogens (tertiary/aromatic N) is 1. The summed E-state index contributed by atoms with van der Waals surface area (Å²) in [5.74, 6) is 1.74. The lowest BCUT2D eigenvalue weighted by Gasteiger charge is -2.25. The van der Waals surface area contributed by atoms with Gasteiger partial charge in [-0.2, -0.15) is 0 Å². The summed E-state index contributed by atoms with van der Waals surface area (Å²) in [7, 11) is 3.23. The van der Waals surface area contributed by atoms with Crippen molar-refractivity contribution in [2.24, 2.45) is 10.7 Å². The van der Waals surface area contributed by atoms with E-state index in [0.717, 1.165) is 30.7 Å². The number of nitrogens with one attached hydrogen (secondary N) is 1. The quantitative estimate of drug-likeness (QED) is 0.236. The van der Waals surface area contributed by atoms with Gasteiger partial charge in [-0.15, -0.1) is 24.0 Å². The van der Waals surface area contributed by atoms with Gasteiger partial charge in [0.1, 0.15) is 11.5 Å². The Labute approximate surface area is 189 Å². The minimum atomic E-state index is 0. The van der Waals surface area contributed by atoms with Crippen molar-refractivity contribution in [2.75, 3.05) is 32.7 Å². The van der Waals surface area contributed by atoms with Gasteiger partial charge >= 0.3 is 0 Å². The van der Waals surface area contributed by atoms with Gasteiger partial charge in [-0.1, -0.05) is 24.3 Å². The zero-order valence-electron chi connectivity index (χ0n) is 17.0. The van der Waals surface area contributed by atoms with Gasteiger partial charge < -0.3 is 25.3 Å². The lowest BCUT2D eigenvalue weighted by atomic mass is 9.89. The molecule has 7 heteroatoms. The number of guanidine groups is 1. The fraction of sp³-hybridized carbons (Fsp3) is 0.409. The smallest absolute Gasteiger partial charge is 0.193 e. The molecule has 2 aromatic rings. The number of aliphatic imine (C=N–C) groups is 1. The van der Waals surface area contributed by atoms with E-state index in [9.17, 15) is 0 Å². The standard InChI is InChI=1S/C22H29N3O3.HI/c1-26-17-11-12-21(27-2)19(15-17)25-22(23)24-13-6-14-28-20-10-5-8-16-7-3-4-9-18(16)20;/h3-4,7,9,11-12,15,20H,5-6,8,10,13-14H2,1-2H3,(H3,23,24,25);1H. The number of halogens is 1. The number of nitrogens with two attached hydrogens (primary N) is 1. The average Bonchev–Trinajstić information content (AvgIpc) is 2.73. The molecule has 6 nitrogen and oxygen atoms in total. The molecular weight excluding hydrogens is 481 g/mol. The Morgan fingerprint density at radius 1 is 1.17 bits per heavy atom. The Kier molecular flexibility index (Phi) is 9.53. The van der Waals surface area contributed by atoms with Gasteiger partial charge in [0.05, 0.1) is 26.0 Å². The Morgan fingerprint density at radius 3 is 2.79 bits per heavy atom. The molecule has 0 spiro atoms. The zero-order chi connectivity index (χ0) is 19.8. The number of fused-ring (bicyclic) bond motifs is 1. The normalized spacial score (nSPS) is 15.8. The molecule has 0 fully saturated rings. The summed E-state index contributed by atoms with van der Waals surface area (Å²) in [6.45, 7) is 1.26. The molecule has 0 saturated heterocycles. The molecule has 0 heterocycles. The van der Waals surface area contributed by atoms with Crippen molar-refractivity contribution in [1.82, 2.24) is 0 Å². The Hall–Kier alpha value is -2.00. The van der Waals surface area contributed by atoms with Crippen LogP contribution in [0, 0.1) is 0 Å². The van der Waals surface area contributed by atoms with Gasteiger partial charge in [-0.25, -0.2) is 0 Å². The van der Waals surface area contributed by atoms with Gasteiger partial charge in [0, 0.05) is 19.2 Å². The molecule has 0 radical (unpaired) electrons. The molecule has 0 amide bonds. The molecule has 1 unspecified atom stereocenters. The third-order valence-electron chi connectivity index (χ3n) is 4.89. The minimum Gasteiger partial charge on any atom is -0.497 e. The highest BCUT2D eigenvalue weighted by Crippen LogP contribution is 2.32. The summed E-state index contributed by atoms with van der Waals surface area (Å²) in [6.07, 6.45) is 4.43. The average molecular weight is 511 g/mol. The highest BCUT2D eigenvalue weighted by molar-refractivity contribution is 14.0. The summed E-state index contributed by atoms with van der Waals surface area (Å²) < 4.78 is 16.7. The first-order valence-corrected chi connectivity index (χ1v) is 9.69. The largest absolute Gasteiger partial charge is 0.497 e. The number of anilines is 1. The van der Waals surface area contributed by atoms with Gasteiger partial charge in [-0.05, 0) is 48.9 Å². The maximum Gasteiger partial charge on any atom is 0.193 e. The van der Waals surface area contributed by atoms with Crippen LogP contribution in [-0.4, -0.2) is 33.3 Å². The van der Waals surface area contributed by atoms with Crippen LogP contribution in [0.3, 0.4) is 0 Å². The number of ether oxygens (including phenoxy) is 3. The topological polar surface area (TPSA) is 78.1 Å². The van der Waals surface area contributed by atoms with E-state index in [-0.39, 0.29) is 30.1 Å². The molecule has 158 valence electrons. The van der Waals surface area contributed by atoms with Gasteiger partial charge in [-0.3, -0.25) is 4.99 Å².